The molecule has 0 bridgehead atoms. The summed E-state index contributed by atoms with van der Waals surface area (Å²) in [6.07, 6.45) is 4.42. The molecular formula is C19H18F3N7O3. The average molecular weight is 449 g/mol. The van der Waals surface area contributed by atoms with Gasteiger partial charge in [0.05, 0.1) is 36.3 Å². The van der Waals surface area contributed by atoms with Crippen molar-refractivity contribution < 1.29 is 27.4 Å². The van der Waals surface area contributed by atoms with Gasteiger partial charge in [0, 0.05) is 24.8 Å². The Hall–Kier alpha value is -3.87. The van der Waals surface area contributed by atoms with Gasteiger partial charge in [-0.2, -0.15) is 23.4 Å². The summed E-state index contributed by atoms with van der Waals surface area (Å²) in [4.78, 5) is 17.5. The summed E-state index contributed by atoms with van der Waals surface area (Å²) in [5, 5.41) is 16.5. The molecule has 1 aliphatic rings. The number of hydrogen-bond acceptors (Lipinski definition) is 7. The molecule has 1 aliphatic heterocycles. The van der Waals surface area contributed by atoms with Gasteiger partial charge in [0.2, 0.25) is 0 Å². The van der Waals surface area contributed by atoms with Crippen molar-refractivity contribution in [1.29, 1.82) is 0 Å². The molecule has 1 atom stereocenters. The van der Waals surface area contributed by atoms with Crippen molar-refractivity contribution in [2.24, 2.45) is 0 Å². The fourth-order valence-corrected chi connectivity index (χ4v) is 3.04. The molecule has 10 nitrogen and oxygen atoms in total. The third kappa shape index (κ3) is 4.56. The van der Waals surface area contributed by atoms with Gasteiger partial charge in [-0.3, -0.25) is 19.6 Å². The van der Waals surface area contributed by atoms with Crippen LogP contribution >= 0.6 is 0 Å². The molecule has 3 aromatic rings. The van der Waals surface area contributed by atoms with E-state index in [9.17, 15) is 18.0 Å². The molecule has 1 unspecified atom stereocenters. The summed E-state index contributed by atoms with van der Waals surface area (Å²) in [5.74, 6) is -0.561. The SMILES string of the molecule is O=C(Nc1cn(CCOCC(F)(F)F)nc1-c1ccccn1)C1(c2cn[nH]c2)NC=CO1. The van der Waals surface area contributed by atoms with Crippen molar-refractivity contribution in [3.63, 3.8) is 0 Å². The normalized spacial score (nSPS) is 17.7. The van der Waals surface area contributed by atoms with E-state index in [-0.39, 0.29) is 13.2 Å². The Bertz CT molecular complexity index is 1070. The quantitative estimate of drug-likeness (QED) is 0.451. The number of pyridine rings is 1. The third-order valence-corrected chi connectivity index (χ3v) is 4.47. The van der Waals surface area contributed by atoms with Crippen LogP contribution in [0.25, 0.3) is 11.4 Å². The maximum absolute atomic E-state index is 13.2. The number of nitrogens with one attached hydrogen (secondary N) is 3. The molecule has 0 aliphatic carbocycles. The van der Waals surface area contributed by atoms with Gasteiger partial charge < -0.3 is 20.1 Å². The molecule has 0 aromatic carbocycles. The van der Waals surface area contributed by atoms with Crippen LogP contribution in [0.1, 0.15) is 5.56 Å². The molecule has 4 heterocycles. The zero-order valence-corrected chi connectivity index (χ0v) is 16.5. The first kappa shape index (κ1) is 21.4. The predicted octanol–water partition coefficient (Wildman–Crippen LogP) is 2.13. The second kappa shape index (κ2) is 8.70. The summed E-state index contributed by atoms with van der Waals surface area (Å²) in [6.45, 7) is -1.53. The van der Waals surface area contributed by atoms with Crippen LogP contribution in [-0.2, 0) is 26.5 Å². The number of aromatic amines is 1. The molecule has 1 amide bonds. The molecule has 0 saturated heterocycles. The second-order valence-corrected chi connectivity index (χ2v) is 6.72. The van der Waals surface area contributed by atoms with E-state index in [1.807, 2.05) is 0 Å². The lowest BCUT2D eigenvalue weighted by atomic mass is 10.1. The van der Waals surface area contributed by atoms with E-state index in [4.69, 9.17) is 4.74 Å². The number of H-pyrrole nitrogens is 1. The maximum atomic E-state index is 13.2. The smallest absolute Gasteiger partial charge is 0.411 e. The maximum Gasteiger partial charge on any atom is 0.411 e. The van der Waals surface area contributed by atoms with Gasteiger partial charge in [-0.25, -0.2) is 0 Å². The lowest BCUT2D eigenvalue weighted by Gasteiger charge is -2.26. The second-order valence-electron chi connectivity index (χ2n) is 6.72. The number of nitrogens with zero attached hydrogens (tertiary/aromatic N) is 4. The van der Waals surface area contributed by atoms with Gasteiger partial charge >= 0.3 is 6.18 Å². The Morgan fingerprint density at radius 3 is 2.88 bits per heavy atom. The first-order valence-corrected chi connectivity index (χ1v) is 9.42. The highest BCUT2D eigenvalue weighted by Gasteiger charge is 2.45. The van der Waals surface area contributed by atoms with Crippen molar-refractivity contribution in [1.82, 2.24) is 30.3 Å². The molecule has 0 saturated carbocycles. The van der Waals surface area contributed by atoms with Crippen molar-refractivity contribution in [2.75, 3.05) is 18.5 Å². The minimum atomic E-state index is -4.41. The number of anilines is 1. The number of rotatable bonds is 8. The highest BCUT2D eigenvalue weighted by molar-refractivity contribution is 6.00. The monoisotopic (exact) mass is 449 g/mol. The van der Waals surface area contributed by atoms with Gasteiger partial charge in [0.25, 0.3) is 11.6 Å². The number of hydrogen-bond donors (Lipinski definition) is 3. The Labute approximate surface area is 179 Å². The number of amides is 1. The number of halogens is 3. The van der Waals surface area contributed by atoms with Crippen molar-refractivity contribution in [3.8, 4) is 11.4 Å². The minimum Gasteiger partial charge on any atom is -0.460 e. The summed E-state index contributed by atoms with van der Waals surface area (Å²) in [6, 6.07) is 5.16. The molecule has 0 fully saturated rings. The Morgan fingerprint density at radius 2 is 2.22 bits per heavy atom. The molecule has 32 heavy (non-hydrogen) atoms. The summed E-state index contributed by atoms with van der Waals surface area (Å²) in [5.41, 5.74) is -0.0135. The van der Waals surface area contributed by atoms with E-state index < -0.39 is 24.4 Å². The van der Waals surface area contributed by atoms with Crippen LogP contribution in [0.5, 0.6) is 0 Å². The van der Waals surface area contributed by atoms with Gasteiger partial charge in [0.15, 0.2) is 0 Å². The van der Waals surface area contributed by atoms with Crippen LogP contribution in [-0.4, -0.2) is 50.3 Å². The number of carbonyl (C=O) groups is 1. The van der Waals surface area contributed by atoms with Gasteiger partial charge in [-0.1, -0.05) is 6.07 Å². The molecule has 3 N–H and O–H groups in total. The Kier molecular flexibility index (Phi) is 5.81. The standard InChI is InChI=1S/C19H18F3N7O3/c20-18(21,22)12-31-8-6-29-11-15(16(28-29)14-3-1-2-4-23-14)27-17(30)19(24-5-7-32-19)13-9-25-26-10-13/h1-5,7,9-11,24H,6,8,12H2,(H,25,26)(H,27,30). The molecule has 13 heteroatoms. The number of carbonyl (C=O) groups excluding carboxylic acids is 1. The van der Waals surface area contributed by atoms with Crippen LogP contribution in [0, 0.1) is 0 Å². The third-order valence-electron chi connectivity index (χ3n) is 4.47. The summed E-state index contributed by atoms with van der Waals surface area (Å²) < 4.78 is 48.4. The predicted molar refractivity (Wildman–Crippen MR) is 105 cm³/mol. The largest absolute Gasteiger partial charge is 0.460 e. The summed E-state index contributed by atoms with van der Waals surface area (Å²) >= 11 is 0. The average Bonchev–Trinajstić information content (AvgIpc) is 3.52. The summed E-state index contributed by atoms with van der Waals surface area (Å²) in [7, 11) is 0. The molecule has 3 aromatic heterocycles. The first-order chi connectivity index (χ1) is 15.4. The van der Waals surface area contributed by atoms with E-state index in [0.29, 0.717) is 22.6 Å². The molecule has 0 radical (unpaired) electrons. The van der Waals surface area contributed by atoms with Crippen molar-refractivity contribution in [2.45, 2.75) is 18.4 Å². The van der Waals surface area contributed by atoms with Crippen LogP contribution in [0.2, 0.25) is 0 Å². The van der Waals surface area contributed by atoms with E-state index in [1.54, 1.807) is 24.4 Å². The molecular weight excluding hydrogens is 431 g/mol. The molecule has 168 valence electrons. The topological polar surface area (TPSA) is 119 Å². The van der Waals surface area contributed by atoms with Crippen LogP contribution in [0.4, 0.5) is 18.9 Å². The van der Waals surface area contributed by atoms with Crippen LogP contribution < -0.4 is 10.6 Å². The van der Waals surface area contributed by atoms with Crippen LogP contribution in [0.3, 0.4) is 0 Å². The first-order valence-electron chi connectivity index (χ1n) is 9.42. The van der Waals surface area contributed by atoms with Gasteiger partial charge in [-0.15, -0.1) is 0 Å². The lowest BCUT2D eigenvalue weighted by molar-refractivity contribution is -0.174. The van der Waals surface area contributed by atoms with Gasteiger partial charge in [0.1, 0.15) is 18.6 Å². The number of aromatic nitrogens is 5. The van der Waals surface area contributed by atoms with Crippen LogP contribution in [0.15, 0.2) is 55.4 Å². The fourth-order valence-electron chi connectivity index (χ4n) is 3.04. The van der Waals surface area contributed by atoms with E-state index in [2.05, 4.69) is 35.7 Å². The number of alkyl halides is 3. The zero-order chi connectivity index (χ0) is 22.6. The highest BCUT2D eigenvalue weighted by Crippen LogP contribution is 2.30. The zero-order valence-electron chi connectivity index (χ0n) is 16.5. The highest BCUT2D eigenvalue weighted by atomic mass is 19.4. The Balaban J connectivity index is 1.56. The van der Waals surface area contributed by atoms with E-state index in [0.717, 1.165) is 0 Å². The van der Waals surface area contributed by atoms with E-state index in [1.165, 1.54) is 35.7 Å². The van der Waals surface area contributed by atoms with Crippen molar-refractivity contribution in [3.05, 3.63) is 61.0 Å². The molecule has 0 spiro atoms. The molecule has 4 rings (SSSR count). The van der Waals surface area contributed by atoms with Gasteiger partial charge in [-0.05, 0) is 12.1 Å². The fraction of sp³-hybridized carbons (Fsp3) is 0.263. The lowest BCUT2D eigenvalue weighted by Crippen LogP contribution is -2.48. The Morgan fingerprint density at radius 1 is 1.34 bits per heavy atom. The van der Waals surface area contributed by atoms with E-state index >= 15 is 0 Å². The minimum absolute atomic E-state index is 0.0367. The van der Waals surface area contributed by atoms with Crippen molar-refractivity contribution >= 4 is 11.6 Å². The number of ether oxygens (including phenoxy) is 2.